The summed E-state index contributed by atoms with van der Waals surface area (Å²) in [6.45, 7) is 0. The van der Waals surface area contributed by atoms with Crippen molar-refractivity contribution in [1.29, 1.82) is 0 Å². The van der Waals surface area contributed by atoms with Crippen molar-refractivity contribution in [3.8, 4) is 0 Å². The van der Waals surface area contributed by atoms with Crippen molar-refractivity contribution < 1.29 is 16.8 Å². The Hall–Kier alpha value is -1.83. The van der Waals surface area contributed by atoms with Crippen molar-refractivity contribution in [1.82, 2.24) is 0 Å². The van der Waals surface area contributed by atoms with Gasteiger partial charge < -0.3 is 0 Å². The van der Waals surface area contributed by atoms with Crippen LogP contribution in [0.15, 0.2) is 84.9 Å². The Labute approximate surface area is 123 Å². The average Bonchev–Trinajstić information content (AvgIpc) is 3.08. The molecule has 0 heterocycles. The van der Waals surface area contributed by atoms with Crippen molar-refractivity contribution in [3.05, 3.63) is 84.9 Å². The van der Waals surface area contributed by atoms with Crippen LogP contribution >= 0.6 is 0 Å². The first kappa shape index (κ1) is 13.6. The molecular formula is C18H14Co. The molecule has 0 amide bonds. The van der Waals surface area contributed by atoms with Crippen LogP contribution in [-0.2, 0) is 16.8 Å². The molecule has 0 N–H and O–H groups in total. The van der Waals surface area contributed by atoms with E-state index in [1.807, 2.05) is 0 Å². The predicted octanol–water partition coefficient (Wildman–Crippen LogP) is 5.11. The fourth-order valence-electron chi connectivity index (χ4n) is 2.14. The maximum absolute atomic E-state index is 2.12. The van der Waals surface area contributed by atoms with Crippen LogP contribution in [0.5, 0.6) is 0 Å². The van der Waals surface area contributed by atoms with Crippen LogP contribution in [0.3, 0.4) is 0 Å². The third-order valence-electron chi connectivity index (χ3n) is 3.10. The van der Waals surface area contributed by atoms with Gasteiger partial charge in [-0.05, 0) is 0 Å². The molecule has 0 unspecified atom stereocenters. The topological polar surface area (TPSA) is 0 Å². The van der Waals surface area contributed by atoms with E-state index in [1.54, 1.807) is 0 Å². The Balaban J connectivity index is 0.000000133. The molecule has 0 aliphatic heterocycles. The Kier molecular flexibility index (Phi) is 4.56. The van der Waals surface area contributed by atoms with Crippen molar-refractivity contribution >= 4 is 21.5 Å². The van der Waals surface area contributed by atoms with Crippen LogP contribution in [0, 0.1) is 0 Å². The number of hydrogen-bond acceptors (Lipinski definition) is 0. The van der Waals surface area contributed by atoms with Crippen LogP contribution in [0.25, 0.3) is 21.5 Å². The minimum Gasteiger partial charge on any atom is -0.168 e. The SMILES string of the molecule is [Co+2].c1ccc2[cH-]ccc2c1.c1ccc2[cH-]ccc2c1. The van der Waals surface area contributed by atoms with Gasteiger partial charge in [0.25, 0.3) is 0 Å². The standard InChI is InChI=1S/2C9H7.Co/c2*1-2-5-9-7-3-6-8(9)4-1;/h2*1-7H;/q2*-1;+2. The molecule has 0 atom stereocenters. The van der Waals surface area contributed by atoms with Crippen molar-refractivity contribution in [2.75, 3.05) is 0 Å². The summed E-state index contributed by atoms with van der Waals surface area (Å²) in [6.07, 6.45) is 0. The van der Waals surface area contributed by atoms with Crippen molar-refractivity contribution in [2.45, 2.75) is 0 Å². The number of fused-ring (bicyclic) bond motifs is 2. The fourth-order valence-corrected chi connectivity index (χ4v) is 2.14. The van der Waals surface area contributed by atoms with Gasteiger partial charge in [0.2, 0.25) is 0 Å². The molecule has 0 spiro atoms. The average molecular weight is 289 g/mol. The number of hydrogen-bond donors (Lipinski definition) is 0. The zero-order valence-electron chi connectivity index (χ0n) is 10.4. The van der Waals surface area contributed by atoms with E-state index in [1.165, 1.54) is 21.5 Å². The molecule has 0 saturated heterocycles. The molecular weight excluding hydrogens is 275 g/mol. The van der Waals surface area contributed by atoms with E-state index in [2.05, 4.69) is 84.9 Å². The third-order valence-corrected chi connectivity index (χ3v) is 3.10. The summed E-state index contributed by atoms with van der Waals surface area (Å²) < 4.78 is 0. The maximum Gasteiger partial charge on any atom is 2.00 e. The minimum absolute atomic E-state index is 0. The first-order valence-electron chi connectivity index (χ1n) is 6.14. The Bertz CT molecular complexity index is 620. The second kappa shape index (κ2) is 6.37. The van der Waals surface area contributed by atoms with Crippen LogP contribution in [0.4, 0.5) is 0 Å². The van der Waals surface area contributed by atoms with Crippen molar-refractivity contribution in [3.63, 3.8) is 0 Å². The predicted molar refractivity (Wildman–Crippen MR) is 79.1 cm³/mol. The molecule has 4 aromatic carbocycles. The molecule has 0 fully saturated rings. The molecule has 0 bridgehead atoms. The minimum atomic E-state index is 0. The van der Waals surface area contributed by atoms with E-state index in [4.69, 9.17) is 0 Å². The monoisotopic (exact) mass is 289 g/mol. The third kappa shape index (κ3) is 3.14. The summed E-state index contributed by atoms with van der Waals surface area (Å²) in [4.78, 5) is 0. The smallest absolute Gasteiger partial charge is 0.168 e. The van der Waals surface area contributed by atoms with E-state index in [0.717, 1.165) is 0 Å². The Morgan fingerprint density at radius 1 is 0.526 bits per heavy atom. The molecule has 1 heteroatoms. The zero-order chi connectivity index (χ0) is 12.2. The summed E-state index contributed by atoms with van der Waals surface area (Å²) in [5, 5.41) is 5.32. The second-order valence-corrected chi connectivity index (χ2v) is 4.31. The van der Waals surface area contributed by atoms with Gasteiger partial charge in [0, 0.05) is 0 Å². The summed E-state index contributed by atoms with van der Waals surface area (Å²) >= 11 is 0. The maximum atomic E-state index is 2.12. The van der Waals surface area contributed by atoms with Crippen LogP contribution in [0.2, 0.25) is 0 Å². The van der Waals surface area contributed by atoms with Crippen LogP contribution in [0.1, 0.15) is 0 Å². The van der Waals surface area contributed by atoms with Crippen LogP contribution < -0.4 is 0 Å². The summed E-state index contributed by atoms with van der Waals surface area (Å²) in [5.41, 5.74) is 0. The fraction of sp³-hybridized carbons (Fsp3) is 0. The Morgan fingerprint density at radius 3 is 1.37 bits per heavy atom. The van der Waals surface area contributed by atoms with Gasteiger partial charge in [-0.2, -0.15) is 35.0 Å². The van der Waals surface area contributed by atoms with Crippen LogP contribution in [-0.4, -0.2) is 0 Å². The van der Waals surface area contributed by atoms with Gasteiger partial charge in [0.15, 0.2) is 0 Å². The second-order valence-electron chi connectivity index (χ2n) is 4.31. The largest absolute Gasteiger partial charge is 2.00 e. The van der Waals surface area contributed by atoms with E-state index < -0.39 is 0 Å². The normalized spacial score (nSPS) is 9.68. The van der Waals surface area contributed by atoms with Gasteiger partial charge in [0.1, 0.15) is 0 Å². The molecule has 4 aromatic rings. The quantitative estimate of drug-likeness (QED) is 0.394. The van der Waals surface area contributed by atoms with E-state index in [-0.39, 0.29) is 16.8 Å². The summed E-state index contributed by atoms with van der Waals surface area (Å²) in [6, 6.07) is 29.3. The van der Waals surface area contributed by atoms with E-state index >= 15 is 0 Å². The Morgan fingerprint density at radius 2 is 0.947 bits per heavy atom. The molecule has 4 rings (SSSR count). The summed E-state index contributed by atoms with van der Waals surface area (Å²) in [7, 11) is 0. The first-order chi connectivity index (χ1) is 8.93. The number of rotatable bonds is 0. The van der Waals surface area contributed by atoms with E-state index in [9.17, 15) is 0 Å². The zero-order valence-corrected chi connectivity index (χ0v) is 11.5. The van der Waals surface area contributed by atoms with Gasteiger partial charge in [-0.3, -0.25) is 0 Å². The molecule has 0 aliphatic carbocycles. The summed E-state index contributed by atoms with van der Waals surface area (Å²) in [5.74, 6) is 0. The molecule has 1 radical (unpaired) electrons. The molecule has 0 saturated carbocycles. The van der Waals surface area contributed by atoms with Gasteiger partial charge in [-0.25, -0.2) is 0 Å². The molecule has 0 aliphatic rings. The van der Waals surface area contributed by atoms with Gasteiger partial charge >= 0.3 is 16.8 Å². The van der Waals surface area contributed by atoms with Gasteiger partial charge in [-0.15, -0.1) is 59.3 Å². The van der Waals surface area contributed by atoms with E-state index in [0.29, 0.717) is 0 Å². The van der Waals surface area contributed by atoms with Gasteiger partial charge in [0.05, 0.1) is 0 Å². The van der Waals surface area contributed by atoms with Crippen molar-refractivity contribution in [2.24, 2.45) is 0 Å². The molecule has 19 heavy (non-hydrogen) atoms. The van der Waals surface area contributed by atoms with Gasteiger partial charge in [-0.1, -0.05) is 12.1 Å². The molecule has 0 aromatic heterocycles. The molecule has 95 valence electrons. The molecule has 0 nitrogen and oxygen atoms in total. The number of benzene rings is 2. The first-order valence-corrected chi connectivity index (χ1v) is 6.14.